The molecule has 0 saturated carbocycles. The van der Waals surface area contributed by atoms with Crippen molar-refractivity contribution in [2.75, 3.05) is 31.7 Å². The van der Waals surface area contributed by atoms with Crippen LogP contribution in [0.3, 0.4) is 0 Å². The van der Waals surface area contributed by atoms with Gasteiger partial charge in [0.1, 0.15) is 5.75 Å². The van der Waals surface area contributed by atoms with E-state index in [9.17, 15) is 13.2 Å². The van der Waals surface area contributed by atoms with Crippen LogP contribution in [0.5, 0.6) is 5.75 Å². The molecule has 152 valence electrons. The molecule has 2 aromatic rings. The molecular formula is C20H27N3O4S. The Balaban J connectivity index is 1.28. The minimum Gasteiger partial charge on any atom is -0.497 e. The lowest BCUT2D eigenvalue weighted by molar-refractivity contribution is -0.126. The van der Waals surface area contributed by atoms with E-state index in [2.05, 4.69) is 15.2 Å². The third-order valence-corrected chi connectivity index (χ3v) is 7.71. The summed E-state index contributed by atoms with van der Waals surface area (Å²) >= 11 is 0. The third-order valence-electron chi connectivity index (χ3n) is 5.96. The zero-order chi connectivity index (χ0) is 19.7. The fourth-order valence-corrected chi connectivity index (χ4v) is 6.07. The number of carbonyl (C=O) groups excluding carboxylic acids is 1. The second kappa shape index (κ2) is 7.75. The van der Waals surface area contributed by atoms with Gasteiger partial charge in [0.2, 0.25) is 5.91 Å². The number of fused-ring (bicyclic) bond motifs is 1. The summed E-state index contributed by atoms with van der Waals surface area (Å²) in [4.78, 5) is 18.1. The zero-order valence-electron chi connectivity index (χ0n) is 16.1. The molecule has 3 heterocycles. The third kappa shape index (κ3) is 4.17. The number of sulfone groups is 1. The summed E-state index contributed by atoms with van der Waals surface area (Å²) in [5.41, 5.74) is 1.98. The number of carbonyl (C=O) groups is 1. The molecule has 0 bridgehead atoms. The maximum atomic E-state index is 12.6. The average Bonchev–Trinajstić information content (AvgIpc) is 3.27. The molecule has 4 rings (SSSR count). The number of methoxy groups -OCH3 is 1. The molecule has 2 aliphatic heterocycles. The highest BCUT2D eigenvalue weighted by Crippen LogP contribution is 2.25. The van der Waals surface area contributed by atoms with Crippen molar-refractivity contribution in [3.8, 4) is 5.75 Å². The maximum Gasteiger partial charge on any atom is 0.223 e. The van der Waals surface area contributed by atoms with Crippen molar-refractivity contribution in [1.29, 1.82) is 0 Å². The molecule has 7 nitrogen and oxygen atoms in total. The fourth-order valence-electron chi connectivity index (χ4n) is 4.31. The van der Waals surface area contributed by atoms with Crippen molar-refractivity contribution in [3.63, 3.8) is 0 Å². The normalized spacial score (nSPS) is 23.1. The lowest BCUT2D eigenvalue weighted by atomic mass is 9.94. The Morgan fingerprint density at radius 2 is 2.04 bits per heavy atom. The highest BCUT2D eigenvalue weighted by Gasteiger charge is 2.35. The molecule has 28 heavy (non-hydrogen) atoms. The number of nitrogens with one attached hydrogen (secondary N) is 2. The van der Waals surface area contributed by atoms with Gasteiger partial charge in [-0.25, -0.2) is 8.42 Å². The molecule has 0 unspecified atom stereocenters. The van der Waals surface area contributed by atoms with E-state index >= 15 is 0 Å². The van der Waals surface area contributed by atoms with Crippen LogP contribution in [-0.2, 0) is 21.2 Å². The van der Waals surface area contributed by atoms with Gasteiger partial charge in [0.15, 0.2) is 9.84 Å². The minimum atomic E-state index is -2.86. The number of aromatic amines is 1. The Hall–Kier alpha value is -2.06. The number of ether oxygens (including phenoxy) is 1. The summed E-state index contributed by atoms with van der Waals surface area (Å²) in [5, 5.41) is 4.10. The number of benzene rings is 1. The van der Waals surface area contributed by atoms with Gasteiger partial charge < -0.3 is 15.0 Å². The Kier molecular flexibility index (Phi) is 5.33. The van der Waals surface area contributed by atoms with Gasteiger partial charge in [-0.3, -0.25) is 9.69 Å². The number of likely N-dealkylation sites (tertiary alicyclic amines) is 1. The van der Waals surface area contributed by atoms with E-state index < -0.39 is 9.84 Å². The van der Waals surface area contributed by atoms with Crippen molar-refractivity contribution in [2.24, 2.45) is 5.92 Å². The van der Waals surface area contributed by atoms with Gasteiger partial charge in [-0.2, -0.15) is 0 Å². The highest BCUT2D eigenvalue weighted by molar-refractivity contribution is 7.91. The summed E-state index contributed by atoms with van der Waals surface area (Å²) in [5.74, 6) is 1.46. The van der Waals surface area contributed by atoms with Gasteiger partial charge in [-0.15, -0.1) is 0 Å². The predicted molar refractivity (Wildman–Crippen MR) is 108 cm³/mol. The van der Waals surface area contributed by atoms with Crippen molar-refractivity contribution in [2.45, 2.75) is 31.8 Å². The summed E-state index contributed by atoms with van der Waals surface area (Å²) in [6.07, 6.45) is 2.29. The molecule has 0 spiro atoms. The topological polar surface area (TPSA) is 91.5 Å². The number of H-pyrrole nitrogens is 1. The molecule has 2 saturated heterocycles. The number of aromatic nitrogens is 1. The first kappa shape index (κ1) is 19.3. The Morgan fingerprint density at radius 3 is 2.71 bits per heavy atom. The van der Waals surface area contributed by atoms with E-state index in [1.165, 1.54) is 0 Å². The van der Waals surface area contributed by atoms with E-state index in [0.29, 0.717) is 12.3 Å². The Labute approximate surface area is 165 Å². The van der Waals surface area contributed by atoms with Gasteiger partial charge >= 0.3 is 0 Å². The van der Waals surface area contributed by atoms with E-state index in [1.54, 1.807) is 7.11 Å². The SMILES string of the molecule is COc1ccc2[nH]c(CNC(=O)C3CCN([C@@H]4CCS(=O)(=O)C4)CC3)cc2c1. The van der Waals surface area contributed by atoms with Crippen molar-refractivity contribution in [3.05, 3.63) is 30.0 Å². The molecule has 2 fully saturated rings. The summed E-state index contributed by atoms with van der Waals surface area (Å²) in [6, 6.07) is 8.01. The number of amides is 1. The van der Waals surface area contributed by atoms with Gasteiger partial charge in [0.25, 0.3) is 0 Å². The number of piperidine rings is 1. The molecule has 1 aromatic heterocycles. The van der Waals surface area contributed by atoms with Gasteiger partial charge in [-0.05, 0) is 56.6 Å². The maximum absolute atomic E-state index is 12.6. The second-order valence-corrected chi connectivity index (χ2v) is 10.1. The minimum absolute atomic E-state index is 0.00117. The van der Waals surface area contributed by atoms with Crippen LogP contribution in [0.2, 0.25) is 0 Å². The molecule has 1 amide bonds. The number of rotatable bonds is 5. The molecule has 2 N–H and O–H groups in total. The summed E-state index contributed by atoms with van der Waals surface area (Å²) < 4.78 is 28.6. The molecule has 2 aliphatic rings. The quantitative estimate of drug-likeness (QED) is 0.790. The van der Waals surface area contributed by atoms with Crippen LogP contribution in [0.1, 0.15) is 25.0 Å². The smallest absolute Gasteiger partial charge is 0.223 e. The van der Waals surface area contributed by atoms with Crippen molar-refractivity contribution in [1.82, 2.24) is 15.2 Å². The summed E-state index contributed by atoms with van der Waals surface area (Å²) in [6.45, 7) is 2.06. The molecular weight excluding hydrogens is 378 g/mol. The van der Waals surface area contributed by atoms with Crippen LogP contribution < -0.4 is 10.1 Å². The average molecular weight is 406 g/mol. The number of nitrogens with zero attached hydrogens (tertiary/aromatic N) is 1. The molecule has 1 atom stereocenters. The lowest BCUT2D eigenvalue weighted by Crippen LogP contribution is -2.45. The van der Waals surface area contributed by atoms with Crippen molar-refractivity contribution < 1.29 is 17.9 Å². The van der Waals surface area contributed by atoms with Crippen LogP contribution in [0.15, 0.2) is 24.3 Å². The highest BCUT2D eigenvalue weighted by atomic mass is 32.2. The van der Waals surface area contributed by atoms with E-state index in [1.807, 2.05) is 24.3 Å². The molecule has 0 aliphatic carbocycles. The van der Waals surface area contributed by atoms with Crippen LogP contribution in [0, 0.1) is 5.92 Å². The first-order valence-corrected chi connectivity index (χ1v) is 11.6. The Morgan fingerprint density at radius 1 is 1.25 bits per heavy atom. The summed E-state index contributed by atoms with van der Waals surface area (Å²) in [7, 11) is -1.22. The Bertz CT molecular complexity index is 961. The van der Waals surface area contributed by atoms with Crippen LogP contribution in [0.25, 0.3) is 10.9 Å². The van der Waals surface area contributed by atoms with Gasteiger partial charge in [0.05, 0.1) is 25.2 Å². The van der Waals surface area contributed by atoms with Crippen LogP contribution >= 0.6 is 0 Å². The fraction of sp³-hybridized carbons (Fsp3) is 0.550. The second-order valence-electron chi connectivity index (χ2n) is 7.83. The van der Waals surface area contributed by atoms with Crippen molar-refractivity contribution >= 4 is 26.6 Å². The van der Waals surface area contributed by atoms with E-state index in [0.717, 1.165) is 54.7 Å². The predicted octanol–water partition coefficient (Wildman–Crippen LogP) is 1.69. The monoisotopic (exact) mass is 405 g/mol. The lowest BCUT2D eigenvalue weighted by Gasteiger charge is -2.34. The standard InChI is InChI=1S/C20H27N3O4S/c1-27-18-2-3-19-15(11-18)10-16(22-19)12-21-20(24)14-4-7-23(8-5-14)17-6-9-28(25,26)13-17/h2-3,10-11,14,17,22H,4-9,12-13H2,1H3,(H,21,24)/t17-/m1/s1. The number of hydrogen-bond acceptors (Lipinski definition) is 5. The van der Waals surface area contributed by atoms with E-state index in [-0.39, 0.29) is 23.6 Å². The van der Waals surface area contributed by atoms with Gasteiger partial charge in [-0.1, -0.05) is 0 Å². The van der Waals surface area contributed by atoms with Gasteiger partial charge in [0, 0.05) is 28.6 Å². The molecule has 8 heteroatoms. The molecule has 1 aromatic carbocycles. The zero-order valence-corrected chi connectivity index (χ0v) is 16.9. The number of hydrogen-bond donors (Lipinski definition) is 2. The first-order chi connectivity index (χ1) is 13.4. The molecule has 0 radical (unpaired) electrons. The van der Waals surface area contributed by atoms with E-state index in [4.69, 9.17) is 4.74 Å². The van der Waals surface area contributed by atoms with Crippen LogP contribution in [0.4, 0.5) is 0 Å². The van der Waals surface area contributed by atoms with Crippen LogP contribution in [-0.4, -0.2) is 62.0 Å². The first-order valence-electron chi connectivity index (χ1n) is 9.81. The largest absolute Gasteiger partial charge is 0.497 e.